The first kappa shape index (κ1) is 30.4. The van der Waals surface area contributed by atoms with Crippen molar-refractivity contribution in [2.24, 2.45) is 0 Å². The van der Waals surface area contributed by atoms with Gasteiger partial charge in [0.1, 0.15) is 18.5 Å². The van der Waals surface area contributed by atoms with Gasteiger partial charge in [-0.05, 0) is 62.3 Å². The molecule has 2 aromatic rings. The third-order valence-electron chi connectivity index (χ3n) is 6.63. The third-order valence-corrected chi connectivity index (χ3v) is 6.63. The molecule has 2 atom stereocenters. The van der Waals surface area contributed by atoms with Crippen LogP contribution in [0.2, 0.25) is 0 Å². The van der Waals surface area contributed by atoms with Gasteiger partial charge in [0.2, 0.25) is 0 Å². The highest BCUT2D eigenvalue weighted by Gasteiger charge is 2.32. The highest BCUT2D eigenvalue weighted by Crippen LogP contribution is 2.21. The molecule has 3 rings (SSSR count). The molecular weight excluding hydrogens is 510 g/mol. The van der Waals surface area contributed by atoms with Crippen LogP contribution in [0.1, 0.15) is 48.6 Å². The van der Waals surface area contributed by atoms with E-state index in [9.17, 15) is 28.6 Å². The number of carboxylic acids is 1. The number of halogens is 2. The zero-order valence-corrected chi connectivity index (χ0v) is 22.2. The maximum atomic E-state index is 14.4. The number of pyridine rings is 1. The Kier molecular flexibility index (Phi) is 11.6. The Morgan fingerprint density at radius 3 is 2.67 bits per heavy atom. The summed E-state index contributed by atoms with van der Waals surface area (Å²) < 4.78 is 33.4. The number of hydrogen-bond acceptors (Lipinski definition) is 7. The lowest BCUT2D eigenvalue weighted by Crippen LogP contribution is -2.46. The van der Waals surface area contributed by atoms with E-state index in [0.29, 0.717) is 24.9 Å². The van der Waals surface area contributed by atoms with E-state index >= 15 is 0 Å². The first-order valence-corrected chi connectivity index (χ1v) is 13.3. The van der Waals surface area contributed by atoms with Crippen LogP contribution in [-0.4, -0.2) is 83.8 Å². The van der Waals surface area contributed by atoms with Crippen molar-refractivity contribution in [3.05, 3.63) is 59.3 Å². The van der Waals surface area contributed by atoms with Crippen molar-refractivity contribution in [2.75, 3.05) is 45.2 Å². The molecule has 1 aromatic heterocycles. The van der Waals surface area contributed by atoms with E-state index in [0.717, 1.165) is 37.3 Å². The summed E-state index contributed by atoms with van der Waals surface area (Å²) in [5.74, 6) is -4.37. The zero-order chi connectivity index (χ0) is 28.3. The molecule has 0 radical (unpaired) electrons. The highest BCUT2D eigenvalue weighted by molar-refractivity contribution is 5.86. The molecule has 0 bridgehead atoms. The number of aryl methyl sites for hydroxylation is 2. The molecule has 1 aliphatic rings. The smallest absolute Gasteiger partial charge is 0.326 e. The number of aliphatic hydroxyl groups excluding tert-OH is 1. The molecular formula is C28H38F2N4O5. The Bertz CT molecular complexity index is 1070. The number of nitrogens with one attached hydrogen (secondary N) is 2. The van der Waals surface area contributed by atoms with Crippen LogP contribution in [0, 0.1) is 0 Å². The van der Waals surface area contributed by atoms with Crippen LogP contribution in [0.15, 0.2) is 42.5 Å². The van der Waals surface area contributed by atoms with Gasteiger partial charge in [-0.25, -0.2) is 18.6 Å². The molecule has 1 aromatic carbocycles. The number of aliphatic hydroxyl groups is 1. The van der Waals surface area contributed by atoms with Gasteiger partial charge in [0, 0.05) is 25.9 Å². The summed E-state index contributed by atoms with van der Waals surface area (Å²) in [6.45, 7) is -0.127. The van der Waals surface area contributed by atoms with Crippen LogP contribution in [-0.2, 0) is 27.2 Å². The molecule has 1 amide bonds. The lowest BCUT2D eigenvalue weighted by atomic mass is 10.1. The fraction of sp³-hybridized carbons (Fsp3) is 0.536. The number of hydrogen-bond donors (Lipinski definition) is 4. The number of methoxy groups -OCH3 is 1. The molecule has 0 saturated heterocycles. The molecule has 39 heavy (non-hydrogen) atoms. The third kappa shape index (κ3) is 9.83. The van der Waals surface area contributed by atoms with Crippen LogP contribution >= 0.6 is 0 Å². The van der Waals surface area contributed by atoms with Crippen LogP contribution in [0.4, 0.5) is 14.6 Å². The fourth-order valence-corrected chi connectivity index (χ4v) is 4.61. The maximum absolute atomic E-state index is 14.4. The molecule has 0 unspecified atom stereocenters. The SMILES string of the molecule is COCC(F)(F)CN(CCCCc1ccc2c(n1)NCCC2)CC[C@H](NC(=O)[C@H](O)c1ccccc1)C(=O)O. The summed E-state index contributed by atoms with van der Waals surface area (Å²) in [7, 11) is 1.20. The van der Waals surface area contributed by atoms with Gasteiger partial charge in [-0.15, -0.1) is 0 Å². The number of aliphatic carboxylic acids is 1. The normalized spacial score (nSPS) is 14.8. The molecule has 4 N–H and O–H groups in total. The van der Waals surface area contributed by atoms with Crippen LogP contribution in [0.25, 0.3) is 0 Å². The van der Waals surface area contributed by atoms with Crippen molar-refractivity contribution in [3.8, 4) is 0 Å². The second kappa shape index (κ2) is 14.9. The van der Waals surface area contributed by atoms with E-state index in [1.54, 1.807) is 30.3 Å². The van der Waals surface area contributed by atoms with Gasteiger partial charge in [0.25, 0.3) is 11.8 Å². The highest BCUT2D eigenvalue weighted by atomic mass is 19.3. The number of alkyl halides is 2. The van der Waals surface area contributed by atoms with Crippen molar-refractivity contribution >= 4 is 17.7 Å². The summed E-state index contributed by atoms with van der Waals surface area (Å²) in [6, 6.07) is 10.9. The number of rotatable bonds is 16. The van der Waals surface area contributed by atoms with E-state index in [1.165, 1.54) is 17.6 Å². The minimum Gasteiger partial charge on any atom is -0.480 e. The Hall–Kier alpha value is -3.15. The number of carbonyl (C=O) groups excluding carboxylic acids is 1. The van der Waals surface area contributed by atoms with E-state index in [1.807, 2.05) is 6.07 Å². The molecule has 0 fully saturated rings. The molecule has 214 valence electrons. The minimum absolute atomic E-state index is 0.0129. The Labute approximate surface area is 227 Å². The number of unbranched alkanes of at least 4 members (excludes halogenated alkanes) is 1. The van der Waals surface area contributed by atoms with Crippen LogP contribution in [0.3, 0.4) is 0 Å². The predicted molar refractivity (Wildman–Crippen MR) is 143 cm³/mol. The summed E-state index contributed by atoms with van der Waals surface area (Å²) >= 11 is 0. The van der Waals surface area contributed by atoms with Gasteiger partial charge in [-0.3, -0.25) is 9.69 Å². The number of carbonyl (C=O) groups is 2. The van der Waals surface area contributed by atoms with Crippen LogP contribution in [0.5, 0.6) is 0 Å². The van der Waals surface area contributed by atoms with Gasteiger partial charge in [-0.1, -0.05) is 36.4 Å². The van der Waals surface area contributed by atoms with Gasteiger partial charge in [0.05, 0.1) is 6.54 Å². The van der Waals surface area contributed by atoms with Crippen molar-refractivity contribution in [1.29, 1.82) is 0 Å². The molecule has 2 heterocycles. The lowest BCUT2D eigenvalue weighted by Gasteiger charge is -2.28. The maximum Gasteiger partial charge on any atom is 0.326 e. The monoisotopic (exact) mass is 548 g/mol. The number of ether oxygens (including phenoxy) is 1. The molecule has 0 saturated carbocycles. The largest absolute Gasteiger partial charge is 0.480 e. The molecule has 11 heteroatoms. The molecule has 0 aliphatic carbocycles. The number of nitrogens with zero attached hydrogens (tertiary/aromatic N) is 2. The molecule has 0 spiro atoms. The number of aromatic nitrogens is 1. The molecule has 1 aliphatic heterocycles. The summed E-state index contributed by atoms with van der Waals surface area (Å²) in [5.41, 5.74) is 2.46. The topological polar surface area (TPSA) is 124 Å². The molecule has 9 nitrogen and oxygen atoms in total. The van der Waals surface area contributed by atoms with Crippen molar-refractivity contribution in [1.82, 2.24) is 15.2 Å². The summed E-state index contributed by atoms with van der Waals surface area (Å²) in [6.07, 6.45) is 2.46. The Morgan fingerprint density at radius 1 is 1.18 bits per heavy atom. The number of benzene rings is 1. The van der Waals surface area contributed by atoms with E-state index in [2.05, 4.69) is 26.4 Å². The zero-order valence-electron chi connectivity index (χ0n) is 22.2. The fourth-order valence-electron chi connectivity index (χ4n) is 4.61. The van der Waals surface area contributed by atoms with Gasteiger partial charge in [0.15, 0.2) is 6.10 Å². The van der Waals surface area contributed by atoms with Crippen molar-refractivity contribution in [2.45, 2.75) is 56.6 Å². The number of carboxylic acid groups (broad SMARTS) is 1. The lowest BCUT2D eigenvalue weighted by molar-refractivity contribution is -0.144. The van der Waals surface area contributed by atoms with E-state index in [4.69, 9.17) is 0 Å². The number of anilines is 1. The van der Waals surface area contributed by atoms with E-state index in [-0.39, 0.29) is 13.0 Å². The summed E-state index contributed by atoms with van der Waals surface area (Å²) in [4.78, 5) is 30.5. The first-order valence-electron chi connectivity index (χ1n) is 13.3. The standard InChI is InChI=1S/C28H38F2N4O5/c1-39-19-28(29,30)18-34(16-6-5-11-22-13-12-21-10-7-15-31-25(21)32-22)17-14-23(27(37)38)33-26(36)24(35)20-8-3-2-4-9-20/h2-4,8-9,12-13,23-24,35H,5-7,10-11,14-19H2,1H3,(H,31,32)(H,33,36)(H,37,38)/t23-,24+/m0/s1. The Balaban J connectivity index is 1.55. The van der Waals surface area contributed by atoms with Crippen molar-refractivity contribution in [3.63, 3.8) is 0 Å². The van der Waals surface area contributed by atoms with Gasteiger partial charge in [-0.2, -0.15) is 0 Å². The average Bonchev–Trinajstić information content (AvgIpc) is 2.92. The quantitative estimate of drug-likeness (QED) is 0.236. The van der Waals surface area contributed by atoms with Gasteiger partial charge < -0.3 is 25.6 Å². The second-order valence-corrected chi connectivity index (χ2v) is 9.86. The predicted octanol–water partition coefficient (Wildman–Crippen LogP) is 3.04. The Morgan fingerprint density at radius 2 is 1.95 bits per heavy atom. The average molecular weight is 549 g/mol. The van der Waals surface area contributed by atoms with E-state index < -0.39 is 43.1 Å². The second-order valence-electron chi connectivity index (χ2n) is 9.86. The summed E-state index contributed by atoms with van der Waals surface area (Å²) in [5, 5.41) is 25.5. The minimum atomic E-state index is -3.12. The van der Waals surface area contributed by atoms with Gasteiger partial charge >= 0.3 is 5.97 Å². The van der Waals surface area contributed by atoms with Crippen molar-refractivity contribution < 1.29 is 33.3 Å². The number of fused-ring (bicyclic) bond motifs is 1. The first-order chi connectivity index (χ1) is 18.7. The number of amides is 1. The van der Waals surface area contributed by atoms with Crippen LogP contribution < -0.4 is 10.6 Å².